The van der Waals surface area contributed by atoms with Gasteiger partial charge in [0.05, 0.1) is 0 Å². The highest BCUT2D eigenvalue weighted by Gasteiger charge is 2.37. The molecule has 2 aromatic rings. The number of rotatable bonds is 2. The quantitative estimate of drug-likeness (QED) is 0.839. The van der Waals surface area contributed by atoms with Gasteiger partial charge >= 0.3 is 0 Å². The van der Waals surface area contributed by atoms with Crippen LogP contribution in [0, 0.1) is 5.82 Å². The number of carbonyl (C=O) groups is 2. The Balaban J connectivity index is 2.03. The molecule has 0 radical (unpaired) electrons. The van der Waals surface area contributed by atoms with E-state index in [1.165, 1.54) is 24.3 Å². The summed E-state index contributed by atoms with van der Waals surface area (Å²) in [5.74, 6) is -1.81. The van der Waals surface area contributed by atoms with E-state index in [9.17, 15) is 14.0 Å². The maximum atomic E-state index is 12.9. The van der Waals surface area contributed by atoms with Crippen LogP contribution >= 0.6 is 0 Å². The first-order valence-electron chi connectivity index (χ1n) is 6.16. The standard InChI is InChI=1S/C13H11FN4O2/c1-2-9-15-13-16-11(19)10(12(20)18(13)17-9)7-3-5-8(14)6-4-7/h3-6,10H,2H2,1H3,(H,15,16,17,19). The Hall–Kier alpha value is -2.57. The van der Waals surface area contributed by atoms with Crippen LogP contribution in [0.25, 0.3) is 0 Å². The largest absolute Gasteiger partial charge is 0.293 e. The number of nitrogens with one attached hydrogen (secondary N) is 1. The van der Waals surface area contributed by atoms with Crippen LogP contribution in [-0.4, -0.2) is 26.6 Å². The maximum absolute atomic E-state index is 12.9. The van der Waals surface area contributed by atoms with Gasteiger partial charge in [-0.1, -0.05) is 19.1 Å². The molecule has 0 saturated heterocycles. The van der Waals surface area contributed by atoms with Crippen LogP contribution in [0.3, 0.4) is 0 Å². The molecule has 0 saturated carbocycles. The molecule has 1 amide bonds. The number of hydrogen-bond donors (Lipinski definition) is 1. The lowest BCUT2D eigenvalue weighted by molar-refractivity contribution is -0.117. The lowest BCUT2D eigenvalue weighted by Gasteiger charge is -2.20. The molecule has 2 heterocycles. The molecule has 7 heteroatoms. The summed E-state index contributed by atoms with van der Waals surface area (Å²) in [7, 11) is 0. The predicted molar refractivity (Wildman–Crippen MR) is 67.8 cm³/mol. The van der Waals surface area contributed by atoms with Crippen molar-refractivity contribution >= 4 is 17.8 Å². The Morgan fingerprint density at radius 1 is 1.30 bits per heavy atom. The number of amides is 1. The molecule has 0 aliphatic carbocycles. The second kappa shape index (κ2) is 4.52. The van der Waals surface area contributed by atoms with Crippen LogP contribution in [0.1, 0.15) is 29.0 Å². The van der Waals surface area contributed by atoms with Gasteiger partial charge in [-0.3, -0.25) is 14.9 Å². The van der Waals surface area contributed by atoms with Crippen molar-refractivity contribution in [1.29, 1.82) is 0 Å². The van der Waals surface area contributed by atoms with Crippen molar-refractivity contribution in [2.75, 3.05) is 5.32 Å². The van der Waals surface area contributed by atoms with E-state index >= 15 is 0 Å². The topological polar surface area (TPSA) is 76.9 Å². The Labute approximate surface area is 113 Å². The first-order valence-corrected chi connectivity index (χ1v) is 6.16. The third-order valence-corrected chi connectivity index (χ3v) is 3.12. The van der Waals surface area contributed by atoms with E-state index in [0.717, 1.165) is 4.68 Å². The lowest BCUT2D eigenvalue weighted by atomic mass is 9.96. The normalized spacial score (nSPS) is 17.8. The van der Waals surface area contributed by atoms with Gasteiger partial charge in [0.25, 0.3) is 5.91 Å². The van der Waals surface area contributed by atoms with Gasteiger partial charge in [-0.2, -0.15) is 9.67 Å². The lowest BCUT2D eigenvalue weighted by Crippen LogP contribution is -2.38. The second-order valence-corrected chi connectivity index (χ2v) is 4.43. The van der Waals surface area contributed by atoms with E-state index in [0.29, 0.717) is 17.8 Å². The number of halogens is 1. The van der Waals surface area contributed by atoms with Gasteiger partial charge in [0.2, 0.25) is 11.9 Å². The molecule has 1 unspecified atom stereocenters. The minimum Gasteiger partial charge on any atom is -0.293 e. The van der Waals surface area contributed by atoms with Crippen molar-refractivity contribution in [2.24, 2.45) is 0 Å². The van der Waals surface area contributed by atoms with Gasteiger partial charge in [0.15, 0.2) is 5.82 Å². The number of aryl methyl sites for hydroxylation is 1. The Morgan fingerprint density at radius 2 is 2.00 bits per heavy atom. The first-order chi connectivity index (χ1) is 9.60. The molecule has 3 rings (SSSR count). The van der Waals surface area contributed by atoms with E-state index in [4.69, 9.17) is 0 Å². The molecule has 1 N–H and O–H groups in total. The fourth-order valence-corrected chi connectivity index (χ4v) is 2.11. The molecule has 1 aromatic carbocycles. The summed E-state index contributed by atoms with van der Waals surface area (Å²) < 4.78 is 14.0. The fraction of sp³-hybridized carbons (Fsp3) is 0.231. The van der Waals surface area contributed by atoms with E-state index in [1.807, 2.05) is 6.92 Å². The Morgan fingerprint density at radius 3 is 2.65 bits per heavy atom. The summed E-state index contributed by atoms with van der Waals surface area (Å²) in [5, 5.41) is 6.59. The van der Waals surface area contributed by atoms with E-state index in [2.05, 4.69) is 15.4 Å². The Bertz CT molecular complexity index is 693. The second-order valence-electron chi connectivity index (χ2n) is 4.43. The van der Waals surface area contributed by atoms with Gasteiger partial charge in [0, 0.05) is 6.42 Å². The summed E-state index contributed by atoms with van der Waals surface area (Å²) in [6.07, 6.45) is 0.560. The predicted octanol–water partition coefficient (Wildman–Crippen LogP) is 1.36. The summed E-state index contributed by atoms with van der Waals surface area (Å²) in [6, 6.07) is 5.26. The minimum absolute atomic E-state index is 0.134. The van der Waals surface area contributed by atoms with Crippen LogP contribution < -0.4 is 5.32 Å². The average molecular weight is 274 g/mol. The van der Waals surface area contributed by atoms with Crippen molar-refractivity contribution in [3.63, 3.8) is 0 Å². The maximum Gasteiger partial charge on any atom is 0.267 e. The molecule has 102 valence electrons. The van der Waals surface area contributed by atoms with Gasteiger partial charge in [-0.05, 0) is 17.7 Å². The molecule has 0 fully saturated rings. The molecule has 0 spiro atoms. The van der Waals surface area contributed by atoms with E-state index in [-0.39, 0.29) is 5.95 Å². The van der Waals surface area contributed by atoms with Crippen molar-refractivity contribution in [3.8, 4) is 0 Å². The summed E-state index contributed by atoms with van der Waals surface area (Å²) in [6.45, 7) is 1.85. The molecule has 1 atom stereocenters. The fourth-order valence-electron chi connectivity index (χ4n) is 2.11. The summed E-state index contributed by atoms with van der Waals surface area (Å²) >= 11 is 0. The third-order valence-electron chi connectivity index (χ3n) is 3.12. The van der Waals surface area contributed by atoms with Crippen LogP contribution in [-0.2, 0) is 11.2 Å². The highest BCUT2D eigenvalue weighted by Crippen LogP contribution is 2.25. The zero-order valence-corrected chi connectivity index (χ0v) is 10.6. The van der Waals surface area contributed by atoms with Crippen LogP contribution in [0.15, 0.2) is 24.3 Å². The van der Waals surface area contributed by atoms with E-state index in [1.54, 1.807) is 0 Å². The first kappa shape index (κ1) is 12.5. The van der Waals surface area contributed by atoms with Crippen LogP contribution in [0.5, 0.6) is 0 Å². The Kier molecular flexibility index (Phi) is 2.81. The molecular weight excluding hydrogens is 263 g/mol. The number of nitrogens with zero attached hydrogens (tertiary/aromatic N) is 3. The molecule has 1 aromatic heterocycles. The molecular formula is C13H11FN4O2. The number of anilines is 1. The molecule has 0 bridgehead atoms. The number of fused-ring (bicyclic) bond motifs is 1. The highest BCUT2D eigenvalue weighted by atomic mass is 19.1. The van der Waals surface area contributed by atoms with Gasteiger partial charge in [-0.25, -0.2) is 4.39 Å². The summed E-state index contributed by atoms with van der Waals surface area (Å²) in [5.41, 5.74) is 0.424. The van der Waals surface area contributed by atoms with Crippen LogP contribution in [0.4, 0.5) is 10.3 Å². The molecule has 1 aliphatic rings. The average Bonchev–Trinajstić information content (AvgIpc) is 2.84. The van der Waals surface area contributed by atoms with E-state index < -0.39 is 23.5 Å². The van der Waals surface area contributed by atoms with Gasteiger partial charge in [-0.15, -0.1) is 5.10 Å². The van der Waals surface area contributed by atoms with Gasteiger partial charge in [0.1, 0.15) is 11.7 Å². The minimum atomic E-state index is -1.03. The van der Waals surface area contributed by atoms with Crippen molar-refractivity contribution in [1.82, 2.24) is 14.8 Å². The van der Waals surface area contributed by atoms with Gasteiger partial charge < -0.3 is 0 Å². The SMILES string of the molecule is CCc1nc2n(n1)C(=O)C(c1ccc(F)cc1)C(=O)N2. The van der Waals surface area contributed by atoms with Crippen molar-refractivity contribution < 1.29 is 14.0 Å². The zero-order chi connectivity index (χ0) is 14.3. The smallest absolute Gasteiger partial charge is 0.267 e. The number of aromatic nitrogens is 3. The van der Waals surface area contributed by atoms with Crippen molar-refractivity contribution in [3.05, 3.63) is 41.5 Å². The van der Waals surface area contributed by atoms with Crippen LogP contribution in [0.2, 0.25) is 0 Å². The third kappa shape index (κ3) is 1.87. The number of hydrogen-bond acceptors (Lipinski definition) is 4. The molecule has 6 nitrogen and oxygen atoms in total. The molecule has 20 heavy (non-hydrogen) atoms. The zero-order valence-electron chi connectivity index (χ0n) is 10.6. The number of carbonyl (C=O) groups excluding carboxylic acids is 2. The highest BCUT2D eigenvalue weighted by molar-refractivity contribution is 6.14. The monoisotopic (exact) mass is 274 g/mol. The molecule has 1 aliphatic heterocycles. The summed E-state index contributed by atoms with van der Waals surface area (Å²) in [4.78, 5) is 28.4. The van der Waals surface area contributed by atoms with Crippen molar-refractivity contribution in [2.45, 2.75) is 19.3 Å². The number of benzene rings is 1.